The molecule has 7 nitrogen and oxygen atoms in total. The molecular formula is C11H15N3O4. The Kier molecular flexibility index (Phi) is 5.22. The van der Waals surface area contributed by atoms with Crippen LogP contribution in [-0.2, 0) is 4.79 Å². The van der Waals surface area contributed by atoms with Crippen LogP contribution in [0.1, 0.15) is 12.8 Å². The first-order valence-electron chi connectivity index (χ1n) is 5.47. The van der Waals surface area contributed by atoms with Crippen molar-refractivity contribution in [1.29, 1.82) is 0 Å². The highest BCUT2D eigenvalue weighted by Gasteiger charge is 2.20. The summed E-state index contributed by atoms with van der Waals surface area (Å²) in [6, 6.07) is 4.82. The second kappa shape index (κ2) is 6.67. The monoisotopic (exact) mass is 253 g/mol. The molecule has 0 aliphatic carbocycles. The van der Waals surface area contributed by atoms with Gasteiger partial charge in [-0.05, 0) is 25.5 Å². The summed E-state index contributed by atoms with van der Waals surface area (Å²) in [5, 5.41) is 10.7. The molecule has 1 aromatic rings. The fourth-order valence-electron chi connectivity index (χ4n) is 1.33. The highest BCUT2D eigenvalue weighted by Crippen LogP contribution is 2.26. The molecule has 0 aromatic heterocycles. The predicted molar refractivity (Wildman–Crippen MR) is 65.0 cm³/mol. The molecule has 1 unspecified atom stereocenters. The summed E-state index contributed by atoms with van der Waals surface area (Å²) < 4.78 is 4.92. The summed E-state index contributed by atoms with van der Waals surface area (Å²) in [4.78, 5) is 21.7. The number of esters is 1. The smallest absolute Gasteiger partial charge is 0.328 e. The molecule has 1 atom stereocenters. The third-order valence-corrected chi connectivity index (χ3v) is 2.29. The number of benzene rings is 1. The van der Waals surface area contributed by atoms with Crippen molar-refractivity contribution in [1.82, 2.24) is 0 Å². The van der Waals surface area contributed by atoms with E-state index in [1.807, 2.05) is 0 Å². The molecule has 98 valence electrons. The summed E-state index contributed by atoms with van der Waals surface area (Å²) in [6.07, 6.45) is 0.975. The summed E-state index contributed by atoms with van der Waals surface area (Å²) >= 11 is 0. The number of nitro benzene ring substituents is 1. The zero-order valence-electron chi connectivity index (χ0n) is 9.74. The molecule has 0 aliphatic heterocycles. The van der Waals surface area contributed by atoms with Crippen LogP contribution in [0.4, 0.5) is 5.69 Å². The van der Waals surface area contributed by atoms with Gasteiger partial charge in [0.25, 0.3) is 0 Å². The van der Waals surface area contributed by atoms with Crippen molar-refractivity contribution in [3.8, 4) is 5.75 Å². The Labute approximate surface area is 104 Å². The normalized spacial score (nSPS) is 11.9. The number of nitrogens with zero attached hydrogens (tertiary/aromatic N) is 1. The zero-order chi connectivity index (χ0) is 13.5. The number of para-hydroxylation sites is 2. The van der Waals surface area contributed by atoms with Gasteiger partial charge in [0, 0.05) is 6.07 Å². The highest BCUT2D eigenvalue weighted by molar-refractivity contribution is 5.78. The number of rotatable bonds is 6. The first kappa shape index (κ1) is 14.1. The molecule has 1 rings (SSSR count). The third-order valence-electron chi connectivity index (χ3n) is 2.29. The Hall–Kier alpha value is -1.99. The van der Waals surface area contributed by atoms with E-state index in [9.17, 15) is 14.9 Å². The van der Waals surface area contributed by atoms with E-state index in [0.717, 1.165) is 0 Å². The fourth-order valence-corrected chi connectivity index (χ4v) is 1.33. The Bertz CT molecular complexity index is 436. The summed E-state index contributed by atoms with van der Waals surface area (Å²) in [5.74, 6) is -0.798. The van der Waals surface area contributed by atoms with E-state index < -0.39 is 16.9 Å². The van der Waals surface area contributed by atoms with E-state index in [1.165, 1.54) is 18.2 Å². The lowest BCUT2D eigenvalue weighted by molar-refractivity contribution is -0.385. The molecule has 4 N–H and O–H groups in total. The molecule has 0 bridgehead atoms. The summed E-state index contributed by atoms with van der Waals surface area (Å²) in [7, 11) is 0. The van der Waals surface area contributed by atoms with Crippen LogP contribution in [0, 0.1) is 10.1 Å². The number of hydrogen-bond donors (Lipinski definition) is 2. The first-order valence-corrected chi connectivity index (χ1v) is 5.47. The molecule has 0 aliphatic rings. The maximum Gasteiger partial charge on any atom is 0.328 e. The van der Waals surface area contributed by atoms with Gasteiger partial charge >= 0.3 is 11.7 Å². The number of carbonyl (C=O) groups is 1. The average molecular weight is 253 g/mol. The van der Waals surface area contributed by atoms with E-state index in [0.29, 0.717) is 19.4 Å². The Balaban J connectivity index is 2.72. The maximum absolute atomic E-state index is 11.6. The lowest BCUT2D eigenvalue weighted by Gasteiger charge is -2.10. The molecule has 0 saturated heterocycles. The maximum atomic E-state index is 11.6. The van der Waals surface area contributed by atoms with Crippen molar-refractivity contribution in [2.45, 2.75) is 18.9 Å². The van der Waals surface area contributed by atoms with Crippen molar-refractivity contribution in [2.75, 3.05) is 6.54 Å². The van der Waals surface area contributed by atoms with Gasteiger partial charge in [0.1, 0.15) is 6.04 Å². The number of hydrogen-bond acceptors (Lipinski definition) is 6. The zero-order valence-corrected chi connectivity index (χ0v) is 9.74. The molecule has 0 amide bonds. The number of ether oxygens (including phenoxy) is 1. The van der Waals surface area contributed by atoms with Gasteiger partial charge in [-0.2, -0.15) is 0 Å². The van der Waals surface area contributed by atoms with Gasteiger partial charge in [-0.15, -0.1) is 0 Å². The van der Waals surface area contributed by atoms with E-state index in [1.54, 1.807) is 6.07 Å². The molecule has 0 fully saturated rings. The molecule has 0 spiro atoms. The molecule has 0 saturated carbocycles. The summed E-state index contributed by atoms with van der Waals surface area (Å²) in [5.41, 5.74) is 10.6. The molecule has 1 aromatic carbocycles. The average Bonchev–Trinajstić information content (AvgIpc) is 2.36. The number of nitrogens with two attached hydrogens (primary N) is 2. The Morgan fingerprint density at radius 2 is 2.11 bits per heavy atom. The minimum absolute atomic E-state index is 0.101. The number of carbonyl (C=O) groups excluding carboxylic acids is 1. The van der Waals surface area contributed by atoms with Gasteiger partial charge < -0.3 is 16.2 Å². The first-order chi connectivity index (χ1) is 8.56. The third kappa shape index (κ3) is 3.79. The molecule has 0 heterocycles. The van der Waals surface area contributed by atoms with Gasteiger partial charge in [0.15, 0.2) is 0 Å². The molecule has 18 heavy (non-hydrogen) atoms. The standard InChI is InChI=1S/C11H15N3O4/c12-7-3-4-8(13)11(15)18-10-6-2-1-5-9(10)14(16)17/h1-2,5-6,8H,3-4,7,12-13H2. The van der Waals surface area contributed by atoms with Crippen molar-refractivity contribution >= 4 is 11.7 Å². The minimum Gasteiger partial charge on any atom is -0.418 e. The van der Waals surface area contributed by atoms with Gasteiger partial charge in [0.2, 0.25) is 5.75 Å². The van der Waals surface area contributed by atoms with Crippen LogP contribution in [0.15, 0.2) is 24.3 Å². The van der Waals surface area contributed by atoms with Crippen LogP contribution >= 0.6 is 0 Å². The van der Waals surface area contributed by atoms with E-state index in [2.05, 4.69) is 0 Å². The van der Waals surface area contributed by atoms with Gasteiger partial charge in [-0.3, -0.25) is 10.1 Å². The van der Waals surface area contributed by atoms with Crippen molar-refractivity contribution in [3.05, 3.63) is 34.4 Å². The van der Waals surface area contributed by atoms with Gasteiger partial charge in [-0.25, -0.2) is 4.79 Å². The molecule has 7 heteroatoms. The van der Waals surface area contributed by atoms with Crippen LogP contribution < -0.4 is 16.2 Å². The van der Waals surface area contributed by atoms with Crippen molar-refractivity contribution < 1.29 is 14.5 Å². The molecular weight excluding hydrogens is 238 g/mol. The van der Waals surface area contributed by atoms with Crippen molar-refractivity contribution in [3.63, 3.8) is 0 Å². The highest BCUT2D eigenvalue weighted by atomic mass is 16.6. The van der Waals surface area contributed by atoms with E-state index in [-0.39, 0.29) is 11.4 Å². The van der Waals surface area contributed by atoms with Crippen molar-refractivity contribution in [2.24, 2.45) is 11.5 Å². The van der Waals surface area contributed by atoms with E-state index in [4.69, 9.17) is 16.2 Å². The van der Waals surface area contributed by atoms with Gasteiger partial charge in [0.05, 0.1) is 4.92 Å². The fraction of sp³-hybridized carbons (Fsp3) is 0.364. The minimum atomic E-state index is -0.826. The van der Waals surface area contributed by atoms with Crippen LogP contribution in [0.5, 0.6) is 5.75 Å². The number of nitro groups is 1. The Morgan fingerprint density at radius 1 is 1.44 bits per heavy atom. The van der Waals surface area contributed by atoms with Gasteiger partial charge in [-0.1, -0.05) is 12.1 Å². The second-order valence-electron chi connectivity index (χ2n) is 3.68. The summed E-state index contributed by atoms with van der Waals surface area (Å²) in [6.45, 7) is 0.423. The molecule has 0 radical (unpaired) electrons. The van der Waals surface area contributed by atoms with Crippen LogP contribution in [-0.4, -0.2) is 23.5 Å². The lowest BCUT2D eigenvalue weighted by Crippen LogP contribution is -2.34. The SMILES string of the molecule is NCCCC(N)C(=O)Oc1ccccc1[N+](=O)[O-]. The quantitative estimate of drug-likeness (QED) is 0.331. The Morgan fingerprint density at radius 3 is 2.72 bits per heavy atom. The van der Waals surface area contributed by atoms with Crippen LogP contribution in [0.2, 0.25) is 0 Å². The largest absolute Gasteiger partial charge is 0.418 e. The topological polar surface area (TPSA) is 121 Å². The van der Waals surface area contributed by atoms with Crippen LogP contribution in [0.3, 0.4) is 0 Å². The lowest BCUT2D eigenvalue weighted by atomic mass is 10.2. The second-order valence-corrected chi connectivity index (χ2v) is 3.68. The van der Waals surface area contributed by atoms with Crippen LogP contribution in [0.25, 0.3) is 0 Å². The predicted octanol–water partition coefficient (Wildman–Crippen LogP) is 0.566. The van der Waals surface area contributed by atoms with E-state index >= 15 is 0 Å².